The van der Waals surface area contributed by atoms with Crippen molar-refractivity contribution in [3.63, 3.8) is 0 Å². The molecule has 1 fully saturated rings. The van der Waals surface area contributed by atoms with Crippen LogP contribution in [0.15, 0.2) is 24.7 Å². The molecule has 2 aliphatic rings. The van der Waals surface area contributed by atoms with Crippen molar-refractivity contribution in [2.45, 2.75) is 51.4 Å². The first kappa shape index (κ1) is 17.9. The number of amides is 1. The van der Waals surface area contributed by atoms with Gasteiger partial charge in [-0.15, -0.1) is 0 Å². The molecule has 4 rings (SSSR count). The zero-order valence-corrected chi connectivity index (χ0v) is 15.8. The highest BCUT2D eigenvalue weighted by Crippen LogP contribution is 2.21. The highest BCUT2D eigenvalue weighted by atomic mass is 16.2. The van der Waals surface area contributed by atoms with Crippen molar-refractivity contribution in [3.8, 4) is 0 Å². The van der Waals surface area contributed by atoms with Gasteiger partial charge in [-0.05, 0) is 32.5 Å². The summed E-state index contributed by atoms with van der Waals surface area (Å²) >= 11 is 0. The lowest BCUT2D eigenvalue weighted by Crippen LogP contribution is -2.49. The minimum atomic E-state index is 0.0276. The van der Waals surface area contributed by atoms with Crippen LogP contribution < -0.4 is 5.32 Å². The highest BCUT2D eigenvalue weighted by Gasteiger charge is 2.31. The zero-order chi connectivity index (χ0) is 18.6. The van der Waals surface area contributed by atoms with Crippen molar-refractivity contribution in [2.75, 3.05) is 25.5 Å². The molecule has 0 aliphatic carbocycles. The number of carbonyl (C=O) groups excluding carboxylic acids is 1. The zero-order valence-electron chi connectivity index (χ0n) is 15.8. The van der Waals surface area contributed by atoms with Crippen LogP contribution in [0.5, 0.6) is 0 Å². The van der Waals surface area contributed by atoms with Gasteiger partial charge in [-0.1, -0.05) is 12.8 Å². The molecule has 4 heterocycles. The summed E-state index contributed by atoms with van der Waals surface area (Å²) in [5.74, 6) is 1.00. The second kappa shape index (κ2) is 8.04. The van der Waals surface area contributed by atoms with Crippen LogP contribution in [0.25, 0.3) is 0 Å². The molecule has 2 aromatic heterocycles. The van der Waals surface area contributed by atoms with Crippen LogP contribution in [0.3, 0.4) is 0 Å². The van der Waals surface area contributed by atoms with E-state index in [2.05, 4.69) is 38.4 Å². The molecule has 0 aromatic carbocycles. The normalized spacial score (nSPS) is 20.8. The van der Waals surface area contributed by atoms with E-state index in [4.69, 9.17) is 0 Å². The molecule has 0 bridgehead atoms. The Labute approximate surface area is 159 Å². The van der Waals surface area contributed by atoms with Gasteiger partial charge in [-0.3, -0.25) is 19.4 Å². The summed E-state index contributed by atoms with van der Waals surface area (Å²) in [6.07, 6.45) is 9.54. The lowest BCUT2D eigenvalue weighted by molar-refractivity contribution is -0.138. The third kappa shape index (κ3) is 4.10. The summed E-state index contributed by atoms with van der Waals surface area (Å²) in [5.41, 5.74) is 2.05. The van der Waals surface area contributed by atoms with Crippen molar-refractivity contribution >= 4 is 11.7 Å². The lowest BCUT2D eigenvalue weighted by Gasteiger charge is -2.33. The monoisotopic (exact) mass is 369 g/mol. The van der Waals surface area contributed by atoms with Crippen molar-refractivity contribution in [1.82, 2.24) is 29.5 Å². The van der Waals surface area contributed by atoms with Gasteiger partial charge < -0.3 is 10.2 Å². The fourth-order valence-corrected chi connectivity index (χ4v) is 3.95. The van der Waals surface area contributed by atoms with Crippen LogP contribution in [-0.4, -0.2) is 61.6 Å². The number of anilines is 1. The second-order valence-corrected chi connectivity index (χ2v) is 7.40. The number of aromatic nitrogens is 4. The molecule has 1 saturated heterocycles. The summed E-state index contributed by atoms with van der Waals surface area (Å²) in [5, 5.41) is 7.89. The first-order valence-electron chi connectivity index (χ1n) is 9.75. The molecule has 0 saturated carbocycles. The Balaban J connectivity index is 1.39. The Morgan fingerprint density at radius 1 is 1.22 bits per heavy atom. The van der Waals surface area contributed by atoms with E-state index in [0.29, 0.717) is 13.1 Å². The largest absolute Gasteiger partial charge is 0.363 e. The van der Waals surface area contributed by atoms with Crippen molar-refractivity contribution < 1.29 is 4.79 Å². The van der Waals surface area contributed by atoms with Gasteiger partial charge in [0.1, 0.15) is 5.82 Å². The van der Waals surface area contributed by atoms with Crippen molar-refractivity contribution in [1.29, 1.82) is 0 Å². The van der Waals surface area contributed by atoms with Crippen LogP contribution in [-0.2, 0) is 24.4 Å². The van der Waals surface area contributed by atoms with E-state index in [0.717, 1.165) is 49.7 Å². The van der Waals surface area contributed by atoms with E-state index < -0.39 is 0 Å². The van der Waals surface area contributed by atoms with Crippen LogP contribution >= 0.6 is 0 Å². The summed E-state index contributed by atoms with van der Waals surface area (Å²) in [6.45, 7) is 3.73. The maximum Gasteiger partial charge on any atom is 0.240 e. The summed E-state index contributed by atoms with van der Waals surface area (Å²) in [4.78, 5) is 25.6. The van der Waals surface area contributed by atoms with Gasteiger partial charge in [0.25, 0.3) is 0 Å². The van der Waals surface area contributed by atoms with Crippen LogP contribution in [0.4, 0.5) is 5.82 Å². The SMILES string of the molecule is CN1CCCCCC1C(=O)N1CCn2nc(CNc3cnccn3)cc2C1. The summed E-state index contributed by atoms with van der Waals surface area (Å²) < 4.78 is 2.02. The standard InChI is InChI=1S/C19H27N7O/c1-24-8-4-2-3-5-17(24)19(27)25-9-10-26-16(14-25)11-15(23-26)12-22-18-13-20-6-7-21-18/h6-7,11,13,17H,2-5,8-10,12,14H2,1H3,(H,21,22). The average molecular weight is 369 g/mol. The van der Waals surface area contributed by atoms with E-state index in [1.807, 2.05) is 9.58 Å². The quantitative estimate of drug-likeness (QED) is 0.880. The number of hydrogen-bond acceptors (Lipinski definition) is 6. The fraction of sp³-hybridized carbons (Fsp3) is 0.579. The lowest BCUT2D eigenvalue weighted by atomic mass is 10.1. The van der Waals surface area contributed by atoms with E-state index >= 15 is 0 Å². The molecule has 1 amide bonds. The molecule has 144 valence electrons. The van der Waals surface area contributed by atoms with Crippen LogP contribution in [0.2, 0.25) is 0 Å². The van der Waals surface area contributed by atoms with E-state index in [1.165, 1.54) is 12.8 Å². The van der Waals surface area contributed by atoms with Gasteiger partial charge in [0.05, 0.1) is 43.3 Å². The first-order valence-corrected chi connectivity index (χ1v) is 9.75. The molecule has 0 spiro atoms. The molecule has 2 aromatic rings. The predicted molar refractivity (Wildman–Crippen MR) is 102 cm³/mol. The fourth-order valence-electron chi connectivity index (χ4n) is 3.95. The van der Waals surface area contributed by atoms with Gasteiger partial charge >= 0.3 is 0 Å². The van der Waals surface area contributed by atoms with Crippen molar-refractivity contribution in [2.24, 2.45) is 0 Å². The minimum absolute atomic E-state index is 0.0276. The molecule has 27 heavy (non-hydrogen) atoms. The summed E-state index contributed by atoms with van der Waals surface area (Å²) in [6, 6.07) is 2.11. The van der Waals surface area contributed by atoms with Gasteiger partial charge in [-0.25, -0.2) is 4.98 Å². The van der Waals surface area contributed by atoms with Crippen molar-refractivity contribution in [3.05, 3.63) is 36.0 Å². The number of rotatable bonds is 4. The van der Waals surface area contributed by atoms with E-state index in [-0.39, 0.29) is 11.9 Å². The number of likely N-dealkylation sites (tertiary alicyclic amines) is 1. The maximum absolute atomic E-state index is 13.1. The van der Waals surface area contributed by atoms with Gasteiger partial charge in [0.2, 0.25) is 5.91 Å². The smallest absolute Gasteiger partial charge is 0.240 e. The number of carbonyl (C=O) groups is 1. The molecule has 1 N–H and O–H groups in total. The Hall–Kier alpha value is -2.48. The molecule has 8 heteroatoms. The second-order valence-electron chi connectivity index (χ2n) is 7.40. The topological polar surface area (TPSA) is 79.2 Å². The van der Waals surface area contributed by atoms with Gasteiger partial charge in [-0.2, -0.15) is 5.10 Å². The van der Waals surface area contributed by atoms with E-state index in [1.54, 1.807) is 18.6 Å². The molecule has 1 unspecified atom stereocenters. The third-order valence-corrected chi connectivity index (χ3v) is 5.48. The highest BCUT2D eigenvalue weighted by molar-refractivity contribution is 5.82. The van der Waals surface area contributed by atoms with Crippen LogP contribution in [0, 0.1) is 0 Å². The first-order chi connectivity index (χ1) is 13.2. The Morgan fingerprint density at radius 3 is 3.00 bits per heavy atom. The molecule has 2 aliphatic heterocycles. The Kier molecular flexibility index (Phi) is 5.33. The van der Waals surface area contributed by atoms with E-state index in [9.17, 15) is 4.79 Å². The number of nitrogens with one attached hydrogen (secondary N) is 1. The average Bonchev–Trinajstić information content (AvgIpc) is 2.99. The number of likely N-dealkylation sites (N-methyl/N-ethyl adjacent to an activating group) is 1. The Bertz CT molecular complexity index is 776. The minimum Gasteiger partial charge on any atom is -0.363 e. The van der Waals surface area contributed by atoms with Gasteiger partial charge in [0.15, 0.2) is 0 Å². The molecule has 0 radical (unpaired) electrons. The molecular formula is C19H27N7O. The number of fused-ring (bicyclic) bond motifs is 1. The molecular weight excluding hydrogens is 342 g/mol. The Morgan fingerprint density at radius 2 is 2.15 bits per heavy atom. The third-order valence-electron chi connectivity index (χ3n) is 5.48. The molecule has 8 nitrogen and oxygen atoms in total. The van der Waals surface area contributed by atoms with Gasteiger partial charge in [0, 0.05) is 18.9 Å². The van der Waals surface area contributed by atoms with Crippen LogP contribution in [0.1, 0.15) is 37.1 Å². The molecule has 1 atom stereocenters. The summed E-state index contributed by atoms with van der Waals surface area (Å²) in [7, 11) is 2.08. The predicted octanol–water partition coefficient (Wildman–Crippen LogP) is 1.50. The number of nitrogens with zero attached hydrogens (tertiary/aromatic N) is 6. The number of hydrogen-bond donors (Lipinski definition) is 1. The maximum atomic E-state index is 13.1.